The maximum absolute atomic E-state index is 13.2. The number of carbonyl (C=O) groups is 3. The van der Waals surface area contributed by atoms with E-state index in [0.29, 0.717) is 24.7 Å². The molecule has 2 atom stereocenters. The number of benzene rings is 1. The lowest BCUT2D eigenvalue weighted by molar-refractivity contribution is -0.218. The van der Waals surface area contributed by atoms with Crippen LogP contribution in [-0.2, 0) is 47.5 Å². The standard InChI is InChI=1S/C27H36N10O10S2/c1-27(2)21(23(39)37(27)47-49(42,43)44)33-22(38)20(17-13-48-25(30)32-17)34-46-19(24(40)41)12-45-16-6-4-15(5-7-16)18-11-36(26(31)35(18)3)10-14(8-28)9-29/h4-7,11,13-14,19,21,31H,8-10,12,28-29H2,1-3H3,(H2,30,32)(H,33,38)(H,40,41)(H,42,43,44)/b31-26?,34-20-/t19-,21+/m0/s1. The largest absolute Gasteiger partial charge is 0.489 e. The Labute approximate surface area is 283 Å². The number of imidazole rings is 1. The highest BCUT2D eigenvalue weighted by Crippen LogP contribution is 2.33. The number of carboxylic acids is 1. The van der Waals surface area contributed by atoms with Gasteiger partial charge in [-0.2, -0.15) is 13.5 Å². The zero-order valence-corrected chi connectivity index (χ0v) is 28.1. The van der Waals surface area contributed by atoms with E-state index in [0.717, 1.165) is 22.6 Å². The summed E-state index contributed by atoms with van der Waals surface area (Å²) in [5, 5.41) is 26.0. The highest BCUT2D eigenvalue weighted by molar-refractivity contribution is 7.80. The quantitative estimate of drug-likeness (QED) is 0.0389. The topological polar surface area (TPSA) is 306 Å². The molecule has 1 fully saturated rings. The predicted octanol–water partition coefficient (Wildman–Crippen LogP) is -1.36. The molecule has 49 heavy (non-hydrogen) atoms. The minimum atomic E-state index is -5.03. The van der Waals surface area contributed by atoms with E-state index in [4.69, 9.17) is 36.7 Å². The van der Waals surface area contributed by atoms with Gasteiger partial charge >= 0.3 is 16.4 Å². The molecule has 0 aliphatic carbocycles. The van der Waals surface area contributed by atoms with Crippen molar-refractivity contribution in [2.75, 3.05) is 25.4 Å². The summed E-state index contributed by atoms with van der Waals surface area (Å²) < 4.78 is 44.5. The van der Waals surface area contributed by atoms with E-state index >= 15 is 0 Å². The first kappa shape index (κ1) is 37.0. The van der Waals surface area contributed by atoms with E-state index in [9.17, 15) is 27.9 Å². The van der Waals surface area contributed by atoms with Gasteiger partial charge in [0.1, 0.15) is 24.1 Å². The summed E-state index contributed by atoms with van der Waals surface area (Å²) in [6.07, 6.45) is 0.104. The number of nitrogen functional groups attached to an aromatic ring is 1. The molecule has 0 spiro atoms. The highest BCUT2D eigenvalue weighted by atomic mass is 32.3. The Kier molecular flexibility index (Phi) is 11.1. The number of aromatic nitrogens is 3. The fourth-order valence-electron chi connectivity index (χ4n) is 4.71. The number of β-lactam (4-membered cyclic amide) rings is 1. The summed E-state index contributed by atoms with van der Waals surface area (Å²) in [5.41, 5.74) is 16.9. The van der Waals surface area contributed by atoms with Crippen LogP contribution in [-0.4, -0.2) is 98.1 Å². The van der Waals surface area contributed by atoms with E-state index in [1.54, 1.807) is 40.4 Å². The monoisotopic (exact) mass is 724 g/mol. The number of hydrogen-bond donors (Lipinski definition) is 7. The maximum Gasteiger partial charge on any atom is 0.418 e. The summed E-state index contributed by atoms with van der Waals surface area (Å²) in [6, 6.07) is 5.32. The number of hydroxylamine groups is 2. The Bertz CT molecular complexity index is 1900. The van der Waals surface area contributed by atoms with Gasteiger partial charge in [0.25, 0.3) is 17.9 Å². The normalized spacial score (nSPS) is 16.7. The van der Waals surface area contributed by atoms with Crippen LogP contribution >= 0.6 is 11.3 Å². The van der Waals surface area contributed by atoms with Crippen LogP contribution in [0.2, 0.25) is 0 Å². The zero-order chi connectivity index (χ0) is 36.3. The van der Waals surface area contributed by atoms with Crippen LogP contribution in [0.1, 0.15) is 19.5 Å². The summed E-state index contributed by atoms with van der Waals surface area (Å²) in [4.78, 5) is 46.9. The second kappa shape index (κ2) is 14.7. The number of thiazole rings is 1. The molecule has 0 radical (unpaired) electrons. The smallest absolute Gasteiger partial charge is 0.418 e. The van der Waals surface area contributed by atoms with Gasteiger partial charge < -0.3 is 46.3 Å². The number of nitrogens with one attached hydrogen (secondary N) is 2. The first-order valence-electron chi connectivity index (χ1n) is 14.4. The molecule has 1 aliphatic rings. The van der Waals surface area contributed by atoms with Gasteiger partial charge in [0, 0.05) is 31.1 Å². The molecule has 4 rings (SSSR count). The molecular formula is C27H36N10O10S2. The third kappa shape index (κ3) is 8.41. The number of aliphatic carboxylic acids is 1. The lowest BCUT2D eigenvalue weighted by Crippen LogP contribution is -2.76. The SMILES string of the molecule is Cn1c(-c2ccc(OC[C@H](O/N=C(\C(=O)N[C@@H]3C(=O)N(OS(=O)(=O)O)C3(C)C)c3csc(N)n3)C(=O)O)cc2)cn(CC(CN)CN)c1=N. The van der Waals surface area contributed by atoms with Crippen molar-refractivity contribution in [3.63, 3.8) is 0 Å². The molecule has 3 heterocycles. The minimum absolute atomic E-state index is 0.0136. The number of nitrogens with two attached hydrogens (primary N) is 3. The van der Waals surface area contributed by atoms with Crippen LogP contribution in [0.3, 0.4) is 0 Å². The van der Waals surface area contributed by atoms with Gasteiger partial charge in [0.05, 0.1) is 11.2 Å². The number of hydrogen-bond acceptors (Lipinski definition) is 15. The van der Waals surface area contributed by atoms with Crippen molar-refractivity contribution in [3.8, 4) is 17.0 Å². The molecule has 10 N–H and O–H groups in total. The third-order valence-electron chi connectivity index (χ3n) is 7.55. The van der Waals surface area contributed by atoms with Crippen LogP contribution in [0.4, 0.5) is 5.13 Å². The summed E-state index contributed by atoms with van der Waals surface area (Å²) in [7, 11) is -3.28. The lowest BCUT2D eigenvalue weighted by atomic mass is 9.84. The van der Waals surface area contributed by atoms with Crippen molar-refractivity contribution in [2.24, 2.45) is 29.6 Å². The number of anilines is 1. The van der Waals surface area contributed by atoms with Gasteiger partial charge in [-0.15, -0.1) is 15.6 Å². The first-order chi connectivity index (χ1) is 23.0. The van der Waals surface area contributed by atoms with Crippen molar-refractivity contribution in [1.29, 1.82) is 5.41 Å². The van der Waals surface area contributed by atoms with E-state index in [1.165, 1.54) is 19.2 Å². The Hall–Kier alpha value is -4.87. The molecule has 266 valence electrons. The molecule has 0 saturated carbocycles. The highest BCUT2D eigenvalue weighted by Gasteiger charge is 2.58. The van der Waals surface area contributed by atoms with Gasteiger partial charge in [-0.25, -0.2) is 9.78 Å². The Balaban J connectivity index is 1.46. The van der Waals surface area contributed by atoms with Gasteiger partial charge in [-0.05, 0) is 56.8 Å². The van der Waals surface area contributed by atoms with Crippen molar-refractivity contribution in [2.45, 2.75) is 38.1 Å². The van der Waals surface area contributed by atoms with Crippen LogP contribution in [0, 0.1) is 11.3 Å². The molecule has 0 unspecified atom stereocenters. The van der Waals surface area contributed by atoms with Crippen LogP contribution in [0.15, 0.2) is 41.0 Å². The van der Waals surface area contributed by atoms with Crippen molar-refractivity contribution < 1.29 is 46.3 Å². The third-order valence-corrected chi connectivity index (χ3v) is 8.56. The molecule has 0 bridgehead atoms. The Morgan fingerprint density at radius 3 is 2.41 bits per heavy atom. The van der Waals surface area contributed by atoms with Crippen LogP contribution < -0.4 is 32.9 Å². The second-order valence-corrected chi connectivity index (χ2v) is 13.3. The van der Waals surface area contributed by atoms with Gasteiger partial charge in [0.2, 0.25) is 5.62 Å². The van der Waals surface area contributed by atoms with E-state index in [2.05, 4.69) is 19.7 Å². The molecule has 1 aliphatic heterocycles. The fraction of sp³-hybridized carbons (Fsp3) is 0.407. The number of nitrogens with zero attached hydrogens (tertiary/aromatic N) is 5. The van der Waals surface area contributed by atoms with E-state index in [1.807, 2.05) is 6.20 Å². The first-order valence-corrected chi connectivity index (χ1v) is 16.6. The molecule has 2 amide bonds. The maximum atomic E-state index is 13.2. The number of rotatable bonds is 16. The van der Waals surface area contributed by atoms with Crippen molar-refractivity contribution >= 4 is 50.4 Å². The summed E-state index contributed by atoms with van der Waals surface area (Å²) >= 11 is 0.947. The molecule has 20 nitrogen and oxygen atoms in total. The molecule has 3 aromatic rings. The Morgan fingerprint density at radius 1 is 1.22 bits per heavy atom. The van der Waals surface area contributed by atoms with Gasteiger partial charge in [0.15, 0.2) is 10.8 Å². The average Bonchev–Trinajstić information content (AvgIpc) is 3.60. The number of oxime groups is 1. The summed E-state index contributed by atoms with van der Waals surface area (Å²) in [6.45, 7) is 3.43. The second-order valence-electron chi connectivity index (χ2n) is 11.4. The number of ether oxygens (including phenoxy) is 1. The molecule has 22 heteroatoms. The predicted molar refractivity (Wildman–Crippen MR) is 173 cm³/mol. The molecule has 1 saturated heterocycles. The van der Waals surface area contributed by atoms with Crippen LogP contribution in [0.25, 0.3) is 11.3 Å². The average molecular weight is 725 g/mol. The minimum Gasteiger partial charge on any atom is -0.489 e. The number of amides is 2. The van der Waals surface area contributed by atoms with Crippen molar-refractivity contribution in [3.05, 3.63) is 47.2 Å². The van der Waals surface area contributed by atoms with Crippen molar-refractivity contribution in [1.82, 2.24) is 24.5 Å². The van der Waals surface area contributed by atoms with Gasteiger partial charge in [-0.1, -0.05) is 5.16 Å². The van der Waals surface area contributed by atoms with E-state index < -0.39 is 58.2 Å². The number of carboxylic acid groups (broad SMARTS) is 1. The molecule has 2 aromatic heterocycles. The van der Waals surface area contributed by atoms with E-state index in [-0.39, 0.29) is 28.1 Å². The zero-order valence-electron chi connectivity index (χ0n) is 26.5. The van der Waals surface area contributed by atoms with Gasteiger partial charge in [-0.3, -0.25) is 19.6 Å². The Morgan fingerprint density at radius 2 is 1.88 bits per heavy atom. The fourth-order valence-corrected chi connectivity index (χ4v) is 5.71. The number of carbonyl (C=O) groups excluding carboxylic acids is 2. The van der Waals surface area contributed by atoms with Crippen LogP contribution in [0.5, 0.6) is 5.75 Å². The molecular weight excluding hydrogens is 688 g/mol. The summed E-state index contributed by atoms with van der Waals surface area (Å²) in [5.74, 6) is -3.22. The lowest BCUT2D eigenvalue weighted by Gasteiger charge is -2.50. The molecule has 1 aromatic carbocycles.